The Bertz CT molecular complexity index is 863. The van der Waals surface area contributed by atoms with Gasteiger partial charge in [-0.1, -0.05) is 18.2 Å². The predicted molar refractivity (Wildman–Crippen MR) is 101 cm³/mol. The van der Waals surface area contributed by atoms with Gasteiger partial charge in [0.15, 0.2) is 0 Å². The highest BCUT2D eigenvalue weighted by atomic mass is 32.2. The summed E-state index contributed by atoms with van der Waals surface area (Å²) in [6.07, 6.45) is 1.59. The molecule has 0 aromatic heterocycles. The van der Waals surface area contributed by atoms with Crippen molar-refractivity contribution in [2.75, 3.05) is 25.9 Å². The van der Waals surface area contributed by atoms with E-state index in [9.17, 15) is 22.4 Å². The Morgan fingerprint density at radius 2 is 2.00 bits per heavy atom. The Labute approximate surface area is 164 Å². The Balaban J connectivity index is 1.80. The largest absolute Gasteiger partial charge is 0.354 e. The molecular formula is C18H25FN4O4S. The van der Waals surface area contributed by atoms with Crippen LogP contribution >= 0.6 is 0 Å². The number of nitrogens with one attached hydrogen (secondary N) is 2. The maximum Gasteiger partial charge on any atom is 0.242 e. The lowest BCUT2D eigenvalue weighted by Crippen LogP contribution is -2.62. The van der Waals surface area contributed by atoms with Crippen molar-refractivity contribution >= 4 is 21.8 Å². The molecule has 0 unspecified atom stereocenters. The molecular weight excluding hydrogens is 387 g/mol. The molecule has 154 valence electrons. The predicted octanol–water partition coefficient (Wildman–Crippen LogP) is -0.335. The minimum Gasteiger partial charge on any atom is -0.354 e. The number of fused-ring (bicyclic) bond motifs is 1. The van der Waals surface area contributed by atoms with Crippen LogP contribution in [0.5, 0.6) is 0 Å². The first kappa shape index (κ1) is 20.7. The van der Waals surface area contributed by atoms with Crippen LogP contribution in [0.4, 0.5) is 4.39 Å². The molecule has 2 heterocycles. The van der Waals surface area contributed by atoms with Gasteiger partial charge >= 0.3 is 0 Å². The highest BCUT2D eigenvalue weighted by molar-refractivity contribution is 7.88. The van der Waals surface area contributed by atoms with E-state index >= 15 is 0 Å². The van der Waals surface area contributed by atoms with Crippen LogP contribution in [0.1, 0.15) is 18.9 Å². The first-order valence-electron chi connectivity index (χ1n) is 9.13. The third-order valence-corrected chi connectivity index (χ3v) is 5.89. The molecule has 2 aliphatic rings. The summed E-state index contributed by atoms with van der Waals surface area (Å²) in [6, 6.07) is 5.25. The molecule has 2 saturated heterocycles. The van der Waals surface area contributed by atoms with Crippen molar-refractivity contribution in [3.05, 3.63) is 35.6 Å². The third-order valence-electron chi connectivity index (χ3n) is 5.12. The molecule has 1 aromatic rings. The molecule has 1 aromatic carbocycles. The normalized spacial score (nSPS) is 25.6. The van der Waals surface area contributed by atoms with Crippen LogP contribution in [0.15, 0.2) is 24.3 Å². The Kier molecular flexibility index (Phi) is 6.01. The van der Waals surface area contributed by atoms with E-state index in [4.69, 9.17) is 0 Å². The first-order chi connectivity index (χ1) is 13.1. The van der Waals surface area contributed by atoms with E-state index in [1.54, 1.807) is 23.1 Å². The van der Waals surface area contributed by atoms with Crippen molar-refractivity contribution in [2.45, 2.75) is 38.0 Å². The minimum atomic E-state index is -3.38. The molecule has 2 aliphatic heterocycles. The van der Waals surface area contributed by atoms with Crippen LogP contribution in [0.25, 0.3) is 0 Å². The second-order valence-electron chi connectivity index (χ2n) is 7.44. The number of nitrogens with zero attached hydrogens (tertiary/aromatic N) is 2. The van der Waals surface area contributed by atoms with Crippen molar-refractivity contribution in [3.63, 3.8) is 0 Å². The van der Waals surface area contributed by atoms with Gasteiger partial charge in [0.1, 0.15) is 11.9 Å². The molecule has 10 heteroatoms. The average Bonchev–Trinajstić information content (AvgIpc) is 2.97. The van der Waals surface area contributed by atoms with Gasteiger partial charge in [0.2, 0.25) is 21.8 Å². The summed E-state index contributed by atoms with van der Waals surface area (Å²) in [6.45, 7) is 2.50. The molecule has 0 aliphatic carbocycles. The smallest absolute Gasteiger partial charge is 0.242 e. The molecule has 2 amide bonds. The zero-order chi connectivity index (χ0) is 20.5. The molecule has 8 nitrogen and oxygen atoms in total. The van der Waals surface area contributed by atoms with E-state index in [1.165, 1.54) is 13.0 Å². The van der Waals surface area contributed by atoms with Crippen LogP contribution in [-0.2, 0) is 26.2 Å². The van der Waals surface area contributed by atoms with Gasteiger partial charge in [-0.05, 0) is 12.5 Å². The number of carbonyl (C=O) groups is 2. The molecule has 2 N–H and O–H groups in total. The van der Waals surface area contributed by atoms with Crippen molar-refractivity contribution in [1.82, 2.24) is 19.8 Å². The van der Waals surface area contributed by atoms with Gasteiger partial charge in [-0.25, -0.2) is 17.5 Å². The highest BCUT2D eigenvalue weighted by Crippen LogP contribution is 2.28. The lowest BCUT2D eigenvalue weighted by molar-refractivity contribution is -0.144. The summed E-state index contributed by atoms with van der Waals surface area (Å²) in [5.41, 5.74) is 0.473. The molecule has 0 radical (unpaired) electrons. The van der Waals surface area contributed by atoms with E-state index in [0.29, 0.717) is 25.1 Å². The number of sulfonamides is 1. The summed E-state index contributed by atoms with van der Waals surface area (Å²) in [5.74, 6) is -0.781. The van der Waals surface area contributed by atoms with E-state index in [-0.39, 0.29) is 42.8 Å². The fourth-order valence-corrected chi connectivity index (χ4v) is 4.75. The topological polar surface area (TPSA) is 98.8 Å². The van der Waals surface area contributed by atoms with E-state index in [2.05, 4.69) is 10.0 Å². The monoisotopic (exact) mass is 412 g/mol. The van der Waals surface area contributed by atoms with Gasteiger partial charge in [0.25, 0.3) is 0 Å². The summed E-state index contributed by atoms with van der Waals surface area (Å²) < 4.78 is 39.8. The molecule has 3 atom stereocenters. The zero-order valence-corrected chi connectivity index (χ0v) is 16.7. The van der Waals surface area contributed by atoms with E-state index in [0.717, 1.165) is 6.26 Å². The van der Waals surface area contributed by atoms with Gasteiger partial charge in [-0.15, -0.1) is 0 Å². The van der Waals surface area contributed by atoms with Crippen LogP contribution < -0.4 is 10.0 Å². The quantitative estimate of drug-likeness (QED) is 0.666. The molecule has 3 rings (SSSR count). The van der Waals surface area contributed by atoms with Gasteiger partial charge in [0, 0.05) is 50.7 Å². The van der Waals surface area contributed by atoms with Gasteiger partial charge < -0.3 is 10.2 Å². The van der Waals surface area contributed by atoms with Crippen molar-refractivity contribution < 1.29 is 22.4 Å². The maximum absolute atomic E-state index is 14.1. The number of amides is 2. The van der Waals surface area contributed by atoms with Crippen molar-refractivity contribution in [1.29, 1.82) is 0 Å². The number of piperazine rings is 1. The second-order valence-corrected chi connectivity index (χ2v) is 9.22. The van der Waals surface area contributed by atoms with Gasteiger partial charge in [-0.2, -0.15) is 0 Å². The first-order valence-corrected chi connectivity index (χ1v) is 11.0. The molecule has 0 spiro atoms. The van der Waals surface area contributed by atoms with E-state index < -0.39 is 16.1 Å². The molecule has 28 heavy (non-hydrogen) atoms. The Morgan fingerprint density at radius 3 is 2.64 bits per heavy atom. The maximum atomic E-state index is 14.1. The lowest BCUT2D eigenvalue weighted by Gasteiger charge is -2.42. The molecule has 0 saturated carbocycles. The van der Waals surface area contributed by atoms with Crippen molar-refractivity contribution in [2.24, 2.45) is 0 Å². The SMILES string of the molecule is CC(=O)NC[C@H]1C(=O)N2C[C@@H](NS(C)(=O)=O)C[C@H]2CN1Cc1ccccc1F. The summed E-state index contributed by atoms with van der Waals surface area (Å²) >= 11 is 0. The standard InChI is InChI=1S/C18H25FN4O4S/c1-12(24)20-8-17-18(25)23-10-14(21-28(2,26)27)7-15(23)11-22(17)9-13-5-3-4-6-16(13)19/h3-6,14-15,17,21H,7-11H2,1-2H3,(H,20,24)/t14-,15-,17-/m0/s1. The van der Waals surface area contributed by atoms with Crippen LogP contribution in [-0.4, -0.2) is 74.0 Å². The second kappa shape index (κ2) is 8.14. The number of hydrogen-bond donors (Lipinski definition) is 2. The Hall–Kier alpha value is -2.04. The molecule has 2 fully saturated rings. The number of hydrogen-bond acceptors (Lipinski definition) is 5. The number of rotatable bonds is 6. The molecule has 0 bridgehead atoms. The van der Waals surface area contributed by atoms with Crippen molar-refractivity contribution in [3.8, 4) is 0 Å². The Morgan fingerprint density at radius 1 is 1.29 bits per heavy atom. The number of halogens is 1. The fourth-order valence-electron chi connectivity index (χ4n) is 3.97. The van der Waals surface area contributed by atoms with E-state index in [1.807, 2.05) is 4.90 Å². The fraction of sp³-hybridized carbons (Fsp3) is 0.556. The van der Waals surface area contributed by atoms with Gasteiger partial charge in [-0.3, -0.25) is 14.5 Å². The summed E-state index contributed by atoms with van der Waals surface area (Å²) in [7, 11) is -3.38. The highest BCUT2D eigenvalue weighted by Gasteiger charge is 2.45. The zero-order valence-electron chi connectivity index (χ0n) is 15.9. The summed E-state index contributed by atoms with van der Waals surface area (Å²) in [5, 5.41) is 2.67. The summed E-state index contributed by atoms with van der Waals surface area (Å²) in [4.78, 5) is 28.0. The average molecular weight is 412 g/mol. The van der Waals surface area contributed by atoms with Crippen LogP contribution in [0.2, 0.25) is 0 Å². The minimum absolute atomic E-state index is 0.121. The lowest BCUT2D eigenvalue weighted by atomic mass is 10.0. The van der Waals surface area contributed by atoms with Crippen LogP contribution in [0, 0.1) is 5.82 Å². The number of carbonyl (C=O) groups excluding carboxylic acids is 2. The number of benzene rings is 1. The van der Waals surface area contributed by atoms with Crippen LogP contribution in [0.3, 0.4) is 0 Å². The third kappa shape index (κ3) is 4.86. The van der Waals surface area contributed by atoms with Gasteiger partial charge in [0.05, 0.1) is 6.26 Å².